The van der Waals surface area contributed by atoms with Crippen LogP contribution in [0.4, 0.5) is 0 Å². The van der Waals surface area contributed by atoms with E-state index in [4.69, 9.17) is 10.5 Å². The summed E-state index contributed by atoms with van der Waals surface area (Å²) < 4.78 is 29.8. The van der Waals surface area contributed by atoms with Gasteiger partial charge in [0.15, 0.2) is 9.84 Å². The minimum absolute atomic E-state index is 0.116. The van der Waals surface area contributed by atoms with Gasteiger partial charge in [0.25, 0.3) is 0 Å². The minimum Gasteiger partial charge on any atom is -0.457 e. The maximum Gasteiger partial charge on any atom is 0.179 e. The van der Waals surface area contributed by atoms with Gasteiger partial charge in [0.2, 0.25) is 0 Å². The molecule has 0 bridgehead atoms. The summed E-state index contributed by atoms with van der Waals surface area (Å²) in [6.45, 7) is 0. The van der Waals surface area contributed by atoms with Crippen LogP contribution in [0.2, 0.25) is 0 Å². The zero-order chi connectivity index (χ0) is 15.3. The van der Waals surface area contributed by atoms with Crippen LogP contribution < -0.4 is 10.5 Å². The molecule has 2 rings (SSSR count). The fourth-order valence-electron chi connectivity index (χ4n) is 1.77. The van der Waals surface area contributed by atoms with Crippen LogP contribution in [-0.4, -0.2) is 26.0 Å². The number of thiol groups is 1. The maximum absolute atomic E-state index is 12.1. The van der Waals surface area contributed by atoms with Crippen molar-refractivity contribution in [3.63, 3.8) is 0 Å². The molecular formula is C15H17NO3S2. The Bertz CT molecular complexity index is 670. The van der Waals surface area contributed by atoms with Gasteiger partial charge in [-0.1, -0.05) is 18.2 Å². The number of ether oxygens (including phenoxy) is 1. The van der Waals surface area contributed by atoms with Crippen LogP contribution in [0.3, 0.4) is 0 Å². The van der Waals surface area contributed by atoms with Gasteiger partial charge in [-0.3, -0.25) is 0 Å². The van der Waals surface area contributed by atoms with Gasteiger partial charge in [0.1, 0.15) is 11.5 Å². The number of hydrogen-bond donors (Lipinski definition) is 2. The highest BCUT2D eigenvalue weighted by Gasteiger charge is 2.18. The summed E-state index contributed by atoms with van der Waals surface area (Å²) in [6.07, 6.45) is 0. The third-order valence-electron chi connectivity index (χ3n) is 2.83. The van der Waals surface area contributed by atoms with Crippen LogP contribution in [0.5, 0.6) is 11.5 Å². The molecule has 0 aliphatic carbocycles. The quantitative estimate of drug-likeness (QED) is 0.802. The molecule has 2 N–H and O–H groups in total. The van der Waals surface area contributed by atoms with E-state index in [-0.39, 0.29) is 10.6 Å². The van der Waals surface area contributed by atoms with Crippen molar-refractivity contribution in [3.05, 3.63) is 54.6 Å². The second-order valence-corrected chi connectivity index (χ2v) is 7.01. The zero-order valence-electron chi connectivity index (χ0n) is 11.3. The van der Waals surface area contributed by atoms with E-state index in [1.807, 2.05) is 30.3 Å². The lowest BCUT2D eigenvalue weighted by molar-refractivity contribution is 0.482. The van der Waals surface area contributed by atoms with Crippen molar-refractivity contribution in [3.8, 4) is 11.5 Å². The lowest BCUT2D eigenvalue weighted by atomic mass is 10.3. The number of rotatable bonds is 6. The average Bonchev–Trinajstić information content (AvgIpc) is 2.48. The molecule has 21 heavy (non-hydrogen) atoms. The van der Waals surface area contributed by atoms with Crippen LogP contribution in [0, 0.1) is 0 Å². The van der Waals surface area contributed by atoms with Gasteiger partial charge in [0, 0.05) is 11.8 Å². The molecule has 0 spiro atoms. The Labute approximate surface area is 130 Å². The number of benzene rings is 2. The molecule has 4 nitrogen and oxygen atoms in total. The zero-order valence-corrected chi connectivity index (χ0v) is 13.1. The minimum atomic E-state index is -3.39. The summed E-state index contributed by atoms with van der Waals surface area (Å²) in [7, 11) is -3.39. The van der Waals surface area contributed by atoms with Crippen molar-refractivity contribution in [2.75, 3.05) is 11.5 Å². The van der Waals surface area contributed by atoms with Crippen LogP contribution in [0.1, 0.15) is 0 Å². The van der Waals surface area contributed by atoms with Crippen molar-refractivity contribution in [2.45, 2.75) is 10.9 Å². The van der Waals surface area contributed by atoms with Gasteiger partial charge in [0.05, 0.1) is 10.6 Å². The number of hydrogen-bond acceptors (Lipinski definition) is 5. The van der Waals surface area contributed by atoms with Crippen LogP contribution in [0.15, 0.2) is 59.5 Å². The molecule has 0 saturated heterocycles. The molecule has 0 aromatic heterocycles. The normalized spacial score (nSPS) is 12.9. The Kier molecular flexibility index (Phi) is 5.27. The molecule has 0 amide bonds. The Balaban J connectivity index is 2.12. The Morgan fingerprint density at radius 1 is 1.00 bits per heavy atom. The first-order valence-electron chi connectivity index (χ1n) is 6.43. The maximum atomic E-state index is 12.1. The topological polar surface area (TPSA) is 69.4 Å². The van der Waals surface area contributed by atoms with Gasteiger partial charge in [-0.05, 0) is 36.4 Å². The van der Waals surface area contributed by atoms with E-state index in [2.05, 4.69) is 12.6 Å². The molecule has 0 aliphatic heterocycles. The molecule has 0 heterocycles. The molecule has 1 unspecified atom stereocenters. The second kappa shape index (κ2) is 6.98. The van der Waals surface area contributed by atoms with E-state index in [1.54, 1.807) is 12.1 Å². The van der Waals surface area contributed by atoms with Crippen LogP contribution in [-0.2, 0) is 9.84 Å². The summed E-state index contributed by atoms with van der Waals surface area (Å²) >= 11 is 4.00. The molecule has 0 aliphatic rings. The van der Waals surface area contributed by atoms with E-state index in [0.29, 0.717) is 17.3 Å². The monoisotopic (exact) mass is 323 g/mol. The summed E-state index contributed by atoms with van der Waals surface area (Å²) in [5.74, 6) is 1.49. The first-order chi connectivity index (χ1) is 10.0. The smallest absolute Gasteiger partial charge is 0.179 e. The SMILES string of the molecule is NC(CS)CS(=O)(=O)c1ccc(Oc2ccccc2)cc1. The molecule has 0 saturated carbocycles. The molecule has 6 heteroatoms. The van der Waals surface area contributed by atoms with Crippen molar-refractivity contribution in [1.82, 2.24) is 0 Å². The van der Waals surface area contributed by atoms with Gasteiger partial charge >= 0.3 is 0 Å². The van der Waals surface area contributed by atoms with Gasteiger partial charge in [-0.15, -0.1) is 0 Å². The van der Waals surface area contributed by atoms with Crippen LogP contribution in [0.25, 0.3) is 0 Å². The second-order valence-electron chi connectivity index (χ2n) is 4.61. The predicted molar refractivity (Wildman–Crippen MR) is 86.8 cm³/mol. The standard InChI is InChI=1S/C15H17NO3S2/c16-12(10-20)11-21(17,18)15-8-6-14(7-9-15)19-13-4-2-1-3-5-13/h1-9,12,20H,10-11,16H2. The molecule has 0 radical (unpaired) electrons. The Morgan fingerprint density at radius 3 is 2.14 bits per heavy atom. The molecule has 1 atom stereocenters. The highest BCUT2D eigenvalue weighted by atomic mass is 32.2. The number of para-hydroxylation sites is 1. The summed E-state index contributed by atoms with van der Waals surface area (Å²) in [5.41, 5.74) is 5.65. The van der Waals surface area contributed by atoms with Crippen molar-refractivity contribution < 1.29 is 13.2 Å². The van der Waals surface area contributed by atoms with E-state index in [0.717, 1.165) is 0 Å². The summed E-state index contributed by atoms with van der Waals surface area (Å²) in [6, 6.07) is 15.1. The lowest BCUT2D eigenvalue weighted by Crippen LogP contribution is -2.31. The fraction of sp³-hybridized carbons (Fsp3) is 0.200. The number of sulfone groups is 1. The molecular weight excluding hydrogens is 306 g/mol. The number of nitrogens with two attached hydrogens (primary N) is 1. The predicted octanol–water partition coefficient (Wildman–Crippen LogP) is 2.51. The highest BCUT2D eigenvalue weighted by molar-refractivity contribution is 7.91. The molecule has 112 valence electrons. The lowest BCUT2D eigenvalue weighted by Gasteiger charge is -2.10. The first kappa shape index (κ1) is 15.9. The van der Waals surface area contributed by atoms with E-state index in [9.17, 15) is 8.42 Å². The van der Waals surface area contributed by atoms with E-state index >= 15 is 0 Å². The van der Waals surface area contributed by atoms with Crippen molar-refractivity contribution in [1.29, 1.82) is 0 Å². The average molecular weight is 323 g/mol. The third kappa shape index (κ3) is 4.49. The van der Waals surface area contributed by atoms with Gasteiger partial charge in [-0.2, -0.15) is 12.6 Å². The summed E-state index contributed by atoms with van der Waals surface area (Å²) in [5, 5.41) is 0. The highest BCUT2D eigenvalue weighted by Crippen LogP contribution is 2.23. The summed E-state index contributed by atoms with van der Waals surface area (Å²) in [4.78, 5) is 0.236. The molecule has 2 aromatic rings. The fourth-order valence-corrected chi connectivity index (χ4v) is 3.50. The van der Waals surface area contributed by atoms with E-state index in [1.165, 1.54) is 12.1 Å². The Hall–Kier alpha value is -1.50. The molecule has 2 aromatic carbocycles. The third-order valence-corrected chi connectivity index (χ3v) is 5.16. The van der Waals surface area contributed by atoms with Gasteiger partial charge < -0.3 is 10.5 Å². The van der Waals surface area contributed by atoms with Crippen molar-refractivity contribution in [2.24, 2.45) is 5.73 Å². The Morgan fingerprint density at radius 2 is 1.57 bits per heavy atom. The first-order valence-corrected chi connectivity index (χ1v) is 8.72. The molecule has 0 fully saturated rings. The van der Waals surface area contributed by atoms with E-state index < -0.39 is 15.9 Å². The van der Waals surface area contributed by atoms with Crippen molar-refractivity contribution >= 4 is 22.5 Å². The van der Waals surface area contributed by atoms with Crippen LogP contribution >= 0.6 is 12.6 Å². The largest absolute Gasteiger partial charge is 0.457 e. The van der Waals surface area contributed by atoms with Gasteiger partial charge in [-0.25, -0.2) is 8.42 Å².